The van der Waals surface area contributed by atoms with E-state index in [1.54, 1.807) is 5.56 Å². The Bertz CT molecular complexity index is 341. The molecule has 0 radical (unpaired) electrons. The fourth-order valence-corrected chi connectivity index (χ4v) is 2.46. The van der Waals surface area contributed by atoms with E-state index in [1.807, 2.05) is 13.8 Å². The first kappa shape index (κ1) is 14.1. The standard InChI is InChI=1S/C14H21N.C2H6/c1-4-5-12-6-7-14-13(10-12)8-9-15(14)11(2)3;1-2/h6-7,10-11H,4-5,8-9H2,1-3H3;1-2H3. The van der Waals surface area contributed by atoms with Gasteiger partial charge in [-0.05, 0) is 43.9 Å². The van der Waals surface area contributed by atoms with Gasteiger partial charge in [-0.25, -0.2) is 0 Å². The Hall–Kier alpha value is -0.980. The molecule has 0 atom stereocenters. The fraction of sp³-hybridized carbons (Fsp3) is 0.625. The van der Waals surface area contributed by atoms with E-state index in [1.165, 1.54) is 37.1 Å². The van der Waals surface area contributed by atoms with Crippen molar-refractivity contribution in [2.45, 2.75) is 59.9 Å². The van der Waals surface area contributed by atoms with Crippen LogP contribution in [-0.4, -0.2) is 12.6 Å². The van der Waals surface area contributed by atoms with Crippen LogP contribution < -0.4 is 4.90 Å². The molecule has 0 unspecified atom stereocenters. The molecule has 1 aromatic rings. The Morgan fingerprint density at radius 2 is 1.94 bits per heavy atom. The van der Waals surface area contributed by atoms with Gasteiger partial charge < -0.3 is 4.90 Å². The minimum absolute atomic E-state index is 0.628. The molecule has 1 nitrogen and oxygen atoms in total. The molecule has 0 N–H and O–H groups in total. The maximum Gasteiger partial charge on any atom is 0.0402 e. The van der Waals surface area contributed by atoms with Crippen LogP contribution in [0.1, 0.15) is 52.2 Å². The highest BCUT2D eigenvalue weighted by Gasteiger charge is 2.20. The van der Waals surface area contributed by atoms with Crippen LogP contribution in [0.15, 0.2) is 18.2 Å². The van der Waals surface area contributed by atoms with Gasteiger partial charge in [0.15, 0.2) is 0 Å². The maximum atomic E-state index is 2.51. The molecular formula is C16H27N. The van der Waals surface area contributed by atoms with Crippen LogP contribution in [-0.2, 0) is 12.8 Å². The fourth-order valence-electron chi connectivity index (χ4n) is 2.46. The van der Waals surface area contributed by atoms with Crippen LogP contribution in [0, 0.1) is 0 Å². The molecule has 0 saturated carbocycles. The molecule has 1 aromatic carbocycles. The summed E-state index contributed by atoms with van der Waals surface area (Å²) in [5, 5.41) is 0. The molecule has 0 bridgehead atoms. The molecule has 0 spiro atoms. The molecule has 0 aromatic heterocycles. The van der Waals surface area contributed by atoms with Crippen molar-refractivity contribution in [2.75, 3.05) is 11.4 Å². The number of fused-ring (bicyclic) bond motifs is 1. The van der Waals surface area contributed by atoms with Crippen LogP contribution in [0.3, 0.4) is 0 Å². The molecule has 0 aliphatic carbocycles. The van der Waals surface area contributed by atoms with E-state index in [2.05, 4.69) is 43.9 Å². The predicted molar refractivity (Wildman–Crippen MR) is 78.0 cm³/mol. The zero-order valence-corrected chi connectivity index (χ0v) is 12.1. The molecule has 96 valence electrons. The van der Waals surface area contributed by atoms with Crippen molar-refractivity contribution in [3.05, 3.63) is 29.3 Å². The third-order valence-corrected chi connectivity index (χ3v) is 3.24. The molecule has 1 heteroatoms. The zero-order valence-electron chi connectivity index (χ0n) is 12.1. The van der Waals surface area contributed by atoms with Gasteiger partial charge in [0.05, 0.1) is 0 Å². The van der Waals surface area contributed by atoms with Gasteiger partial charge in [0.2, 0.25) is 0 Å². The lowest BCUT2D eigenvalue weighted by Gasteiger charge is -2.24. The van der Waals surface area contributed by atoms with Crippen molar-refractivity contribution in [3.8, 4) is 0 Å². The van der Waals surface area contributed by atoms with Gasteiger partial charge in [-0.15, -0.1) is 0 Å². The molecule has 0 saturated heterocycles. The average Bonchev–Trinajstić information content (AvgIpc) is 2.75. The third-order valence-electron chi connectivity index (χ3n) is 3.24. The number of anilines is 1. The Morgan fingerprint density at radius 1 is 1.24 bits per heavy atom. The Morgan fingerprint density at radius 3 is 2.53 bits per heavy atom. The lowest BCUT2D eigenvalue weighted by Crippen LogP contribution is -2.28. The van der Waals surface area contributed by atoms with E-state index in [-0.39, 0.29) is 0 Å². The largest absolute Gasteiger partial charge is 0.369 e. The van der Waals surface area contributed by atoms with Crippen LogP contribution in [0.5, 0.6) is 0 Å². The smallest absolute Gasteiger partial charge is 0.0402 e. The highest BCUT2D eigenvalue weighted by Crippen LogP contribution is 2.30. The number of benzene rings is 1. The molecular weight excluding hydrogens is 206 g/mol. The van der Waals surface area contributed by atoms with Gasteiger partial charge in [-0.2, -0.15) is 0 Å². The summed E-state index contributed by atoms with van der Waals surface area (Å²) in [7, 11) is 0. The summed E-state index contributed by atoms with van der Waals surface area (Å²) < 4.78 is 0. The molecule has 1 aliphatic rings. The summed E-state index contributed by atoms with van der Waals surface area (Å²) in [5.41, 5.74) is 4.52. The van der Waals surface area contributed by atoms with Crippen LogP contribution in [0.25, 0.3) is 0 Å². The molecule has 0 amide bonds. The van der Waals surface area contributed by atoms with Crippen molar-refractivity contribution in [3.63, 3.8) is 0 Å². The van der Waals surface area contributed by atoms with E-state index in [4.69, 9.17) is 0 Å². The summed E-state index contributed by atoms with van der Waals surface area (Å²) >= 11 is 0. The van der Waals surface area contributed by atoms with E-state index < -0.39 is 0 Å². The van der Waals surface area contributed by atoms with E-state index in [9.17, 15) is 0 Å². The Kier molecular flexibility index (Phi) is 5.54. The highest BCUT2D eigenvalue weighted by atomic mass is 15.2. The number of rotatable bonds is 3. The minimum Gasteiger partial charge on any atom is -0.369 e. The number of hydrogen-bond acceptors (Lipinski definition) is 1. The quantitative estimate of drug-likeness (QED) is 0.746. The average molecular weight is 233 g/mol. The maximum absolute atomic E-state index is 2.51. The first-order valence-corrected chi connectivity index (χ1v) is 7.10. The second-order valence-electron chi connectivity index (χ2n) is 4.75. The first-order valence-electron chi connectivity index (χ1n) is 7.10. The second-order valence-corrected chi connectivity index (χ2v) is 4.75. The lowest BCUT2D eigenvalue weighted by atomic mass is 10.0. The summed E-state index contributed by atoms with van der Waals surface area (Å²) in [6, 6.07) is 7.64. The highest BCUT2D eigenvalue weighted by molar-refractivity contribution is 5.59. The number of aryl methyl sites for hydroxylation is 1. The Balaban J connectivity index is 0.000000686. The van der Waals surface area contributed by atoms with Crippen LogP contribution in [0.2, 0.25) is 0 Å². The molecule has 1 aliphatic heterocycles. The van der Waals surface area contributed by atoms with E-state index >= 15 is 0 Å². The van der Waals surface area contributed by atoms with Crippen molar-refractivity contribution in [1.29, 1.82) is 0 Å². The summed E-state index contributed by atoms with van der Waals surface area (Å²) in [6.45, 7) is 12.0. The monoisotopic (exact) mass is 233 g/mol. The van der Waals surface area contributed by atoms with Crippen LogP contribution >= 0.6 is 0 Å². The Labute approximate surface area is 107 Å². The summed E-state index contributed by atoms with van der Waals surface area (Å²) in [5.74, 6) is 0. The van der Waals surface area contributed by atoms with Gasteiger partial charge in [0.1, 0.15) is 0 Å². The molecule has 0 fully saturated rings. The van der Waals surface area contributed by atoms with Gasteiger partial charge >= 0.3 is 0 Å². The molecule has 17 heavy (non-hydrogen) atoms. The van der Waals surface area contributed by atoms with Crippen LogP contribution in [0.4, 0.5) is 5.69 Å². The van der Waals surface area contributed by atoms with Crippen molar-refractivity contribution in [1.82, 2.24) is 0 Å². The molecule has 2 rings (SSSR count). The number of nitrogens with zero attached hydrogens (tertiary/aromatic N) is 1. The minimum atomic E-state index is 0.628. The first-order chi connectivity index (χ1) is 8.22. The van der Waals surface area contributed by atoms with Gasteiger partial charge in [0, 0.05) is 18.3 Å². The van der Waals surface area contributed by atoms with Gasteiger partial charge in [-0.3, -0.25) is 0 Å². The number of hydrogen-bond donors (Lipinski definition) is 0. The van der Waals surface area contributed by atoms with Gasteiger partial charge in [0.25, 0.3) is 0 Å². The predicted octanol–water partition coefficient (Wildman–Crippen LogP) is 4.44. The lowest BCUT2D eigenvalue weighted by molar-refractivity contribution is 0.710. The van der Waals surface area contributed by atoms with Crippen molar-refractivity contribution in [2.24, 2.45) is 0 Å². The SMILES string of the molecule is CC.CCCc1ccc2c(c1)CCN2C(C)C. The second kappa shape index (κ2) is 6.68. The van der Waals surface area contributed by atoms with Gasteiger partial charge in [-0.1, -0.05) is 39.3 Å². The molecule has 1 heterocycles. The summed E-state index contributed by atoms with van der Waals surface area (Å²) in [4.78, 5) is 2.51. The normalized spacial score (nSPS) is 13.4. The van der Waals surface area contributed by atoms with Crippen molar-refractivity contribution >= 4 is 5.69 Å². The van der Waals surface area contributed by atoms with Crippen molar-refractivity contribution < 1.29 is 0 Å². The third kappa shape index (κ3) is 3.24. The topological polar surface area (TPSA) is 3.24 Å². The van der Waals surface area contributed by atoms with E-state index in [0.717, 1.165) is 0 Å². The summed E-state index contributed by atoms with van der Waals surface area (Å²) in [6.07, 6.45) is 3.69. The zero-order chi connectivity index (χ0) is 12.8. The van der Waals surface area contributed by atoms with E-state index in [0.29, 0.717) is 6.04 Å².